The zero-order valence-corrected chi connectivity index (χ0v) is 13.3. The standard InChI is InChI=1S/C16H23N3O3/c1-10(2)4-5-19-14-6-11(3)12(8-17-16(21)22)7-13(14)18-15(19)9-20/h6-7,10,17,20H,4-5,8-9H2,1-3H3,(H,21,22). The Balaban J connectivity index is 2.39. The molecule has 2 rings (SSSR count). The summed E-state index contributed by atoms with van der Waals surface area (Å²) >= 11 is 0. The second kappa shape index (κ2) is 6.79. The molecule has 2 aromatic rings. The molecule has 0 saturated heterocycles. The summed E-state index contributed by atoms with van der Waals surface area (Å²) < 4.78 is 2.05. The van der Waals surface area contributed by atoms with Gasteiger partial charge in [-0.25, -0.2) is 9.78 Å². The van der Waals surface area contributed by atoms with Gasteiger partial charge in [-0.15, -0.1) is 0 Å². The summed E-state index contributed by atoms with van der Waals surface area (Å²) in [5, 5.41) is 20.6. The molecule has 120 valence electrons. The van der Waals surface area contributed by atoms with Crippen molar-refractivity contribution in [3.63, 3.8) is 0 Å². The average molecular weight is 305 g/mol. The predicted octanol–water partition coefficient (Wildman–Crippen LogP) is 2.65. The van der Waals surface area contributed by atoms with E-state index in [1.54, 1.807) is 0 Å². The van der Waals surface area contributed by atoms with Crippen molar-refractivity contribution in [2.45, 2.75) is 46.9 Å². The van der Waals surface area contributed by atoms with Crippen LogP contribution in [-0.2, 0) is 19.7 Å². The molecule has 0 radical (unpaired) electrons. The van der Waals surface area contributed by atoms with Gasteiger partial charge < -0.3 is 20.1 Å². The van der Waals surface area contributed by atoms with Crippen LogP contribution in [-0.4, -0.2) is 25.9 Å². The van der Waals surface area contributed by atoms with E-state index >= 15 is 0 Å². The molecule has 3 N–H and O–H groups in total. The Morgan fingerprint density at radius 3 is 2.73 bits per heavy atom. The van der Waals surface area contributed by atoms with E-state index in [0.29, 0.717) is 11.7 Å². The number of nitrogens with zero attached hydrogens (tertiary/aromatic N) is 2. The van der Waals surface area contributed by atoms with Crippen LogP contribution in [0.2, 0.25) is 0 Å². The number of aliphatic hydroxyl groups excluding tert-OH is 1. The van der Waals surface area contributed by atoms with Crippen molar-refractivity contribution in [1.29, 1.82) is 0 Å². The van der Waals surface area contributed by atoms with Crippen LogP contribution in [0.1, 0.15) is 37.2 Å². The first-order valence-electron chi connectivity index (χ1n) is 7.48. The summed E-state index contributed by atoms with van der Waals surface area (Å²) in [5.41, 5.74) is 3.69. The molecular weight excluding hydrogens is 282 g/mol. The van der Waals surface area contributed by atoms with Gasteiger partial charge in [-0.2, -0.15) is 0 Å². The third-order valence-corrected chi connectivity index (χ3v) is 3.79. The minimum atomic E-state index is -1.04. The number of aromatic nitrogens is 2. The SMILES string of the molecule is Cc1cc2c(cc1CNC(=O)O)nc(CO)n2CCC(C)C. The van der Waals surface area contributed by atoms with Crippen LogP contribution in [0.15, 0.2) is 12.1 Å². The number of benzene rings is 1. The van der Waals surface area contributed by atoms with Crippen LogP contribution >= 0.6 is 0 Å². The molecule has 1 heterocycles. The van der Waals surface area contributed by atoms with Crippen molar-refractivity contribution in [3.05, 3.63) is 29.1 Å². The van der Waals surface area contributed by atoms with E-state index in [2.05, 4.69) is 28.7 Å². The first-order valence-corrected chi connectivity index (χ1v) is 7.48. The number of fused-ring (bicyclic) bond motifs is 1. The van der Waals surface area contributed by atoms with Crippen molar-refractivity contribution in [3.8, 4) is 0 Å². The second-order valence-corrected chi connectivity index (χ2v) is 5.95. The molecule has 0 atom stereocenters. The monoisotopic (exact) mass is 305 g/mol. The molecule has 0 fully saturated rings. The number of aryl methyl sites for hydroxylation is 2. The molecule has 6 heteroatoms. The number of aliphatic hydroxyl groups is 1. The van der Waals surface area contributed by atoms with E-state index < -0.39 is 6.09 Å². The smallest absolute Gasteiger partial charge is 0.404 e. The lowest BCUT2D eigenvalue weighted by Gasteiger charge is -2.11. The number of hydrogen-bond donors (Lipinski definition) is 3. The summed E-state index contributed by atoms with van der Waals surface area (Å²) in [6.07, 6.45) is -0.0298. The third-order valence-electron chi connectivity index (χ3n) is 3.79. The molecular formula is C16H23N3O3. The van der Waals surface area contributed by atoms with Crippen LogP contribution < -0.4 is 5.32 Å². The van der Waals surface area contributed by atoms with Gasteiger partial charge in [0.15, 0.2) is 0 Å². The highest BCUT2D eigenvalue weighted by atomic mass is 16.4. The lowest BCUT2D eigenvalue weighted by molar-refractivity contribution is 0.194. The molecule has 6 nitrogen and oxygen atoms in total. The normalized spacial score (nSPS) is 11.3. The van der Waals surface area contributed by atoms with E-state index in [0.717, 1.165) is 35.1 Å². The molecule has 22 heavy (non-hydrogen) atoms. The average Bonchev–Trinajstić information content (AvgIpc) is 2.79. The van der Waals surface area contributed by atoms with E-state index in [4.69, 9.17) is 5.11 Å². The minimum Gasteiger partial charge on any atom is -0.465 e. The van der Waals surface area contributed by atoms with Crippen LogP contribution in [0.4, 0.5) is 4.79 Å². The predicted molar refractivity (Wildman–Crippen MR) is 84.7 cm³/mol. The fourth-order valence-corrected chi connectivity index (χ4v) is 2.49. The molecule has 0 aliphatic heterocycles. The van der Waals surface area contributed by atoms with E-state index in [1.807, 2.05) is 19.1 Å². The number of amides is 1. The lowest BCUT2D eigenvalue weighted by Crippen LogP contribution is -2.20. The summed E-state index contributed by atoms with van der Waals surface area (Å²) in [4.78, 5) is 15.1. The summed E-state index contributed by atoms with van der Waals surface area (Å²) in [7, 11) is 0. The zero-order chi connectivity index (χ0) is 16.3. The second-order valence-electron chi connectivity index (χ2n) is 5.95. The minimum absolute atomic E-state index is 0.103. The van der Waals surface area contributed by atoms with Gasteiger partial charge >= 0.3 is 6.09 Å². The first-order chi connectivity index (χ1) is 10.4. The number of hydrogen-bond acceptors (Lipinski definition) is 3. The molecule has 0 spiro atoms. The van der Waals surface area contributed by atoms with Gasteiger partial charge in [0.2, 0.25) is 0 Å². The molecule has 0 bridgehead atoms. The summed E-state index contributed by atoms with van der Waals surface area (Å²) in [6.45, 7) is 7.25. The van der Waals surface area contributed by atoms with Crippen LogP contribution in [0.25, 0.3) is 11.0 Å². The largest absolute Gasteiger partial charge is 0.465 e. The van der Waals surface area contributed by atoms with Gasteiger partial charge in [0.1, 0.15) is 12.4 Å². The highest BCUT2D eigenvalue weighted by Crippen LogP contribution is 2.22. The molecule has 0 unspecified atom stereocenters. The number of nitrogens with one attached hydrogen (secondary N) is 1. The summed E-state index contributed by atoms with van der Waals surface area (Å²) in [5.74, 6) is 1.22. The van der Waals surface area contributed by atoms with E-state index in [1.165, 1.54) is 0 Å². The highest BCUT2D eigenvalue weighted by Gasteiger charge is 2.13. The van der Waals surface area contributed by atoms with Crippen molar-refractivity contribution >= 4 is 17.1 Å². The number of carbonyl (C=O) groups is 1. The van der Waals surface area contributed by atoms with Gasteiger partial charge in [0.25, 0.3) is 0 Å². The Kier molecular flexibility index (Phi) is 5.03. The van der Waals surface area contributed by atoms with Crippen LogP contribution in [0.5, 0.6) is 0 Å². The Labute approximate surface area is 129 Å². The maximum Gasteiger partial charge on any atom is 0.404 e. The zero-order valence-electron chi connectivity index (χ0n) is 13.3. The first kappa shape index (κ1) is 16.3. The number of imidazole rings is 1. The van der Waals surface area contributed by atoms with Gasteiger partial charge in [-0.3, -0.25) is 0 Å². The molecule has 1 aromatic carbocycles. The number of rotatable bonds is 6. The maximum atomic E-state index is 10.6. The van der Waals surface area contributed by atoms with Gasteiger partial charge in [0, 0.05) is 13.1 Å². The van der Waals surface area contributed by atoms with Gasteiger partial charge in [0.05, 0.1) is 11.0 Å². The quantitative estimate of drug-likeness (QED) is 0.765. The van der Waals surface area contributed by atoms with Crippen molar-refractivity contribution in [2.75, 3.05) is 0 Å². The molecule has 0 aliphatic rings. The number of carboxylic acid groups (broad SMARTS) is 1. The fraction of sp³-hybridized carbons (Fsp3) is 0.500. The molecule has 1 amide bonds. The Bertz CT molecular complexity index is 677. The lowest BCUT2D eigenvalue weighted by atomic mass is 10.1. The molecule has 0 saturated carbocycles. The van der Waals surface area contributed by atoms with Gasteiger partial charge in [-0.1, -0.05) is 13.8 Å². The Morgan fingerprint density at radius 2 is 2.14 bits per heavy atom. The Hall–Kier alpha value is -2.08. The van der Waals surface area contributed by atoms with Crippen molar-refractivity contribution in [1.82, 2.24) is 14.9 Å². The van der Waals surface area contributed by atoms with E-state index in [9.17, 15) is 9.90 Å². The van der Waals surface area contributed by atoms with Crippen molar-refractivity contribution < 1.29 is 15.0 Å². The fourth-order valence-electron chi connectivity index (χ4n) is 2.49. The topological polar surface area (TPSA) is 87.4 Å². The van der Waals surface area contributed by atoms with Crippen LogP contribution in [0.3, 0.4) is 0 Å². The Morgan fingerprint density at radius 1 is 1.41 bits per heavy atom. The maximum absolute atomic E-state index is 10.6. The molecule has 1 aromatic heterocycles. The summed E-state index contributed by atoms with van der Waals surface area (Å²) in [6, 6.07) is 3.91. The van der Waals surface area contributed by atoms with E-state index in [-0.39, 0.29) is 13.2 Å². The highest BCUT2D eigenvalue weighted by molar-refractivity contribution is 5.78. The molecule has 0 aliphatic carbocycles. The van der Waals surface area contributed by atoms with Crippen molar-refractivity contribution in [2.24, 2.45) is 5.92 Å². The third kappa shape index (κ3) is 3.57. The van der Waals surface area contributed by atoms with Crippen LogP contribution in [0, 0.1) is 12.8 Å². The van der Waals surface area contributed by atoms with Gasteiger partial charge in [-0.05, 0) is 42.5 Å².